The molecule has 1 aromatic rings. The predicted octanol–water partition coefficient (Wildman–Crippen LogP) is 3.23. The zero-order valence-corrected chi connectivity index (χ0v) is 12.3. The minimum Gasteiger partial charge on any atom is -0.508 e. The Kier molecular flexibility index (Phi) is 6.32. The van der Waals surface area contributed by atoms with Crippen LogP contribution in [0.15, 0.2) is 24.3 Å². The van der Waals surface area contributed by atoms with Gasteiger partial charge in [0.25, 0.3) is 0 Å². The minimum atomic E-state index is 0.153. The number of hydrogen-bond donors (Lipinski definition) is 3. The predicted molar refractivity (Wildman–Crippen MR) is 79.2 cm³/mol. The Morgan fingerprint density at radius 3 is 2.53 bits per heavy atom. The van der Waals surface area contributed by atoms with Gasteiger partial charge in [-0.3, -0.25) is 0 Å². The quantitative estimate of drug-likeness (QED) is 0.676. The molecule has 0 spiro atoms. The van der Waals surface area contributed by atoms with Crippen molar-refractivity contribution in [2.75, 3.05) is 13.2 Å². The Morgan fingerprint density at radius 1 is 1.26 bits per heavy atom. The Morgan fingerprint density at radius 2 is 1.95 bits per heavy atom. The molecule has 19 heavy (non-hydrogen) atoms. The fourth-order valence-electron chi connectivity index (χ4n) is 2.30. The highest BCUT2D eigenvalue weighted by atomic mass is 16.3. The van der Waals surface area contributed by atoms with Gasteiger partial charge < -0.3 is 15.5 Å². The third-order valence-corrected chi connectivity index (χ3v) is 3.56. The first kappa shape index (κ1) is 16.0. The van der Waals surface area contributed by atoms with E-state index in [9.17, 15) is 5.11 Å². The molecule has 1 unspecified atom stereocenters. The van der Waals surface area contributed by atoms with Crippen molar-refractivity contribution in [1.82, 2.24) is 5.32 Å². The van der Waals surface area contributed by atoms with Crippen molar-refractivity contribution < 1.29 is 10.2 Å². The maximum atomic E-state index is 9.91. The topological polar surface area (TPSA) is 52.5 Å². The summed E-state index contributed by atoms with van der Waals surface area (Å²) in [6.07, 6.45) is 2.77. The highest BCUT2D eigenvalue weighted by molar-refractivity contribution is 5.34. The van der Waals surface area contributed by atoms with E-state index in [-0.39, 0.29) is 18.1 Å². The lowest BCUT2D eigenvalue weighted by Crippen LogP contribution is -2.32. The first-order valence-electron chi connectivity index (χ1n) is 7.12. The van der Waals surface area contributed by atoms with Crippen LogP contribution in [-0.4, -0.2) is 23.4 Å². The fraction of sp³-hybridized carbons (Fsp3) is 0.625. The maximum absolute atomic E-state index is 9.91. The molecule has 0 radical (unpaired) electrons. The minimum absolute atomic E-state index is 0.153. The van der Waals surface area contributed by atoms with Gasteiger partial charge in [0, 0.05) is 24.8 Å². The van der Waals surface area contributed by atoms with Gasteiger partial charge in [0.15, 0.2) is 0 Å². The van der Waals surface area contributed by atoms with E-state index in [0.29, 0.717) is 5.75 Å². The number of aliphatic hydroxyl groups is 1. The van der Waals surface area contributed by atoms with Crippen molar-refractivity contribution in [2.45, 2.75) is 46.1 Å². The van der Waals surface area contributed by atoms with Gasteiger partial charge in [-0.1, -0.05) is 39.0 Å². The second-order valence-corrected chi connectivity index (χ2v) is 5.89. The van der Waals surface area contributed by atoms with Crippen molar-refractivity contribution in [3.63, 3.8) is 0 Å². The van der Waals surface area contributed by atoms with Gasteiger partial charge >= 0.3 is 0 Å². The van der Waals surface area contributed by atoms with Crippen LogP contribution in [0.5, 0.6) is 5.75 Å². The number of phenolic OH excluding ortho intramolecular Hbond substituents is 1. The summed E-state index contributed by atoms with van der Waals surface area (Å²) in [5, 5.41) is 22.4. The molecule has 3 N–H and O–H groups in total. The number of rotatable bonds is 8. The van der Waals surface area contributed by atoms with Crippen LogP contribution in [0.2, 0.25) is 0 Å². The van der Waals surface area contributed by atoms with Gasteiger partial charge in [-0.2, -0.15) is 0 Å². The molecule has 3 heteroatoms. The van der Waals surface area contributed by atoms with E-state index in [2.05, 4.69) is 26.1 Å². The molecule has 0 amide bonds. The molecule has 0 fully saturated rings. The van der Waals surface area contributed by atoms with Crippen molar-refractivity contribution in [3.05, 3.63) is 29.8 Å². The number of aliphatic hydroxyl groups excluding tert-OH is 1. The molecule has 3 nitrogen and oxygen atoms in total. The largest absolute Gasteiger partial charge is 0.508 e. The van der Waals surface area contributed by atoms with Gasteiger partial charge in [0.05, 0.1) is 0 Å². The molecular weight excluding hydrogens is 238 g/mol. The lowest BCUT2D eigenvalue weighted by atomic mass is 9.87. The molecule has 0 saturated carbocycles. The molecule has 0 aliphatic carbocycles. The molecule has 0 heterocycles. The molecule has 1 rings (SSSR count). The summed E-state index contributed by atoms with van der Waals surface area (Å²) in [6.45, 7) is 7.64. The van der Waals surface area contributed by atoms with Crippen LogP contribution >= 0.6 is 0 Å². The standard InChI is InChI=1S/C16H27NO2/c1-4-14(13-8-5-6-9-15(13)19)17-12-16(2,3)10-7-11-18/h5-6,8-9,14,17-19H,4,7,10-12H2,1-3H3. The summed E-state index contributed by atoms with van der Waals surface area (Å²) < 4.78 is 0. The van der Waals surface area contributed by atoms with Crippen LogP contribution in [0.4, 0.5) is 0 Å². The number of para-hydroxylation sites is 1. The van der Waals surface area contributed by atoms with E-state index in [0.717, 1.165) is 31.4 Å². The van der Waals surface area contributed by atoms with E-state index < -0.39 is 0 Å². The van der Waals surface area contributed by atoms with Crippen molar-refractivity contribution >= 4 is 0 Å². The van der Waals surface area contributed by atoms with Crippen LogP contribution in [-0.2, 0) is 0 Å². The maximum Gasteiger partial charge on any atom is 0.120 e. The lowest BCUT2D eigenvalue weighted by Gasteiger charge is -2.28. The number of phenols is 1. The lowest BCUT2D eigenvalue weighted by molar-refractivity contribution is 0.231. The molecule has 0 aliphatic heterocycles. The van der Waals surface area contributed by atoms with Crippen LogP contribution in [0, 0.1) is 5.41 Å². The average Bonchev–Trinajstić information content (AvgIpc) is 2.39. The highest BCUT2D eigenvalue weighted by Crippen LogP contribution is 2.28. The third-order valence-electron chi connectivity index (χ3n) is 3.56. The fourth-order valence-corrected chi connectivity index (χ4v) is 2.30. The first-order valence-corrected chi connectivity index (χ1v) is 7.12. The van der Waals surface area contributed by atoms with E-state index in [1.165, 1.54) is 0 Å². The van der Waals surface area contributed by atoms with Crippen LogP contribution < -0.4 is 5.32 Å². The smallest absolute Gasteiger partial charge is 0.120 e. The van der Waals surface area contributed by atoms with Gasteiger partial charge in [-0.25, -0.2) is 0 Å². The molecule has 0 saturated heterocycles. The average molecular weight is 265 g/mol. The summed E-state index contributed by atoms with van der Waals surface area (Å²) in [5.41, 5.74) is 1.11. The van der Waals surface area contributed by atoms with Crippen molar-refractivity contribution in [3.8, 4) is 5.75 Å². The van der Waals surface area contributed by atoms with Crippen molar-refractivity contribution in [2.24, 2.45) is 5.41 Å². The van der Waals surface area contributed by atoms with Gasteiger partial charge in [0.2, 0.25) is 0 Å². The summed E-state index contributed by atoms with van der Waals surface area (Å²) in [4.78, 5) is 0. The molecule has 1 atom stereocenters. The van der Waals surface area contributed by atoms with E-state index >= 15 is 0 Å². The Bertz CT molecular complexity index is 377. The Labute approximate surface area is 116 Å². The van der Waals surface area contributed by atoms with E-state index in [1.807, 2.05) is 18.2 Å². The number of hydrogen-bond acceptors (Lipinski definition) is 3. The van der Waals surface area contributed by atoms with Gasteiger partial charge in [-0.15, -0.1) is 0 Å². The van der Waals surface area contributed by atoms with Crippen LogP contribution in [0.3, 0.4) is 0 Å². The Hall–Kier alpha value is -1.06. The summed E-state index contributed by atoms with van der Waals surface area (Å²) in [6, 6.07) is 7.68. The van der Waals surface area contributed by atoms with Gasteiger partial charge in [-0.05, 0) is 30.7 Å². The number of nitrogens with one attached hydrogen (secondary N) is 1. The van der Waals surface area contributed by atoms with Crippen molar-refractivity contribution in [1.29, 1.82) is 0 Å². The zero-order chi connectivity index (χ0) is 14.3. The monoisotopic (exact) mass is 265 g/mol. The molecule has 108 valence electrons. The second kappa shape index (κ2) is 7.51. The van der Waals surface area contributed by atoms with Gasteiger partial charge in [0.1, 0.15) is 5.75 Å². The molecule has 0 bridgehead atoms. The second-order valence-electron chi connectivity index (χ2n) is 5.89. The Balaban J connectivity index is 2.61. The molecule has 1 aromatic carbocycles. The SMILES string of the molecule is CCC(NCC(C)(C)CCCO)c1ccccc1O. The highest BCUT2D eigenvalue weighted by Gasteiger charge is 2.20. The first-order chi connectivity index (χ1) is 9.00. The summed E-state index contributed by atoms with van der Waals surface area (Å²) in [7, 11) is 0. The number of benzene rings is 1. The molecular formula is C16H27NO2. The number of aromatic hydroxyl groups is 1. The van der Waals surface area contributed by atoms with Crippen LogP contribution in [0.1, 0.15) is 51.6 Å². The van der Waals surface area contributed by atoms with Crippen LogP contribution in [0.25, 0.3) is 0 Å². The third kappa shape index (κ3) is 5.21. The normalized spacial score (nSPS) is 13.5. The molecule has 0 aliphatic rings. The van der Waals surface area contributed by atoms with E-state index in [1.54, 1.807) is 6.07 Å². The summed E-state index contributed by atoms with van der Waals surface area (Å²) >= 11 is 0. The van der Waals surface area contributed by atoms with E-state index in [4.69, 9.17) is 5.11 Å². The zero-order valence-electron chi connectivity index (χ0n) is 12.3. The molecule has 0 aromatic heterocycles. The summed E-state index contributed by atoms with van der Waals surface area (Å²) in [5.74, 6) is 0.356.